The van der Waals surface area contributed by atoms with Crippen LogP contribution in [0.1, 0.15) is 73.6 Å². The number of hydrogen-bond donors (Lipinski definition) is 6. The van der Waals surface area contributed by atoms with E-state index in [2.05, 4.69) is 15.3 Å². The Bertz CT molecular complexity index is 1600. The van der Waals surface area contributed by atoms with E-state index in [1.807, 2.05) is 0 Å². The Hall–Kier alpha value is -3.17. The summed E-state index contributed by atoms with van der Waals surface area (Å²) in [6, 6.07) is 3.52. The number of hydrogen-bond acceptors (Lipinski definition) is 8. The molecule has 0 radical (unpaired) electrons. The monoisotopic (exact) mass is 553 g/mol. The third-order valence-corrected chi connectivity index (χ3v) is 7.97. The summed E-state index contributed by atoms with van der Waals surface area (Å²) in [4.78, 5) is 78.9. The number of aromatic amines is 2. The minimum absolute atomic E-state index is 0.369. The summed E-state index contributed by atoms with van der Waals surface area (Å²) in [5.74, 6) is 0. The summed E-state index contributed by atoms with van der Waals surface area (Å²) < 4.78 is 0. The zero-order chi connectivity index (χ0) is 27.7. The number of benzene rings is 2. The second kappa shape index (κ2) is 11.5. The highest BCUT2D eigenvalue weighted by Gasteiger charge is 2.23. The van der Waals surface area contributed by atoms with E-state index in [0.29, 0.717) is 32.9 Å². The van der Waals surface area contributed by atoms with Crippen LogP contribution >= 0.6 is 8.60 Å². The summed E-state index contributed by atoms with van der Waals surface area (Å²) in [7, 11) is -2.62. The Morgan fingerprint density at radius 3 is 1.23 bits per heavy atom. The maximum atomic E-state index is 13.2. The molecule has 0 amide bonds. The van der Waals surface area contributed by atoms with E-state index in [1.165, 1.54) is 0 Å². The SMILES string of the molecule is O=c1[nH]c(=O)c2c(Nc3cc4c5c(c3c(=O)[nH]c4=O)CCCCCC5)cc1c1c2CCCCCC1.OP(O)O. The van der Waals surface area contributed by atoms with Gasteiger partial charge in [0.25, 0.3) is 22.2 Å². The smallest absolute Gasteiger partial charge is 0.324 e. The predicted octanol–water partition coefficient (Wildman–Crippen LogP) is 3.22. The van der Waals surface area contributed by atoms with Crippen molar-refractivity contribution in [3.8, 4) is 0 Å². The van der Waals surface area contributed by atoms with Gasteiger partial charge in [-0.3, -0.25) is 29.1 Å². The van der Waals surface area contributed by atoms with Crippen LogP contribution in [0.5, 0.6) is 0 Å². The Morgan fingerprint density at radius 2 is 0.872 bits per heavy atom. The molecule has 4 bridgehead atoms. The lowest BCUT2D eigenvalue weighted by atomic mass is 9.88. The van der Waals surface area contributed by atoms with Crippen LogP contribution in [-0.2, 0) is 25.7 Å². The molecule has 2 aliphatic rings. The first-order chi connectivity index (χ1) is 18.8. The summed E-state index contributed by atoms with van der Waals surface area (Å²) >= 11 is 0. The fourth-order valence-corrected chi connectivity index (χ4v) is 6.33. The van der Waals surface area contributed by atoms with Gasteiger partial charge in [-0.25, -0.2) is 0 Å². The molecule has 8 rings (SSSR count). The molecule has 0 atom stereocenters. The molecule has 6 aromatic rings. The van der Waals surface area contributed by atoms with Gasteiger partial charge in [0.05, 0.1) is 22.1 Å². The average molecular weight is 554 g/mol. The standard InChI is InChI=1S/C28H29N3O4.H3O3P/c32-25-19-13-21(23(27(34)30-25)17-11-7-3-1-5-9-15(17)19)29-22-14-20-16-10-6-2-4-8-12-18(16)24(22)28(35)31-26(20)33;1-4(2)3/h13-14,29H,1-12H2,(H,30,32,34)(H,31,33,35);1-3H. The van der Waals surface area contributed by atoms with Gasteiger partial charge < -0.3 is 20.0 Å². The molecule has 2 aromatic carbocycles. The molecule has 206 valence electrons. The van der Waals surface area contributed by atoms with Crippen molar-refractivity contribution in [3.63, 3.8) is 0 Å². The fourth-order valence-electron chi connectivity index (χ4n) is 6.33. The van der Waals surface area contributed by atoms with Crippen molar-refractivity contribution >= 4 is 41.5 Å². The molecule has 39 heavy (non-hydrogen) atoms. The van der Waals surface area contributed by atoms with Gasteiger partial charge in [0.1, 0.15) is 0 Å². The quantitative estimate of drug-likeness (QED) is 0.205. The third kappa shape index (κ3) is 5.47. The second-order valence-electron chi connectivity index (χ2n) is 10.4. The number of fused-ring (bicyclic) bond motifs is 6. The Labute approximate surface area is 224 Å². The normalized spacial score (nSPS) is 16.0. The van der Waals surface area contributed by atoms with Gasteiger partial charge in [-0.2, -0.15) is 0 Å². The zero-order valence-corrected chi connectivity index (χ0v) is 22.5. The van der Waals surface area contributed by atoms with Crippen LogP contribution in [0.15, 0.2) is 31.3 Å². The van der Waals surface area contributed by atoms with E-state index in [1.54, 1.807) is 12.1 Å². The molecule has 0 saturated carbocycles. The van der Waals surface area contributed by atoms with E-state index < -0.39 is 19.7 Å². The van der Waals surface area contributed by atoms with E-state index in [4.69, 9.17) is 14.7 Å². The molecule has 10 nitrogen and oxygen atoms in total. The van der Waals surface area contributed by atoms with E-state index >= 15 is 0 Å². The van der Waals surface area contributed by atoms with Crippen molar-refractivity contribution in [1.82, 2.24) is 9.97 Å². The highest BCUT2D eigenvalue weighted by Crippen LogP contribution is 2.36. The Morgan fingerprint density at radius 1 is 0.538 bits per heavy atom. The molecule has 6 N–H and O–H groups in total. The lowest BCUT2D eigenvalue weighted by molar-refractivity contribution is 0.368. The highest BCUT2D eigenvalue weighted by atomic mass is 31.2. The maximum Gasteiger partial charge on any atom is 0.324 e. The summed E-state index contributed by atoms with van der Waals surface area (Å²) in [5.41, 5.74) is 3.35. The van der Waals surface area contributed by atoms with Gasteiger partial charge >= 0.3 is 8.60 Å². The molecule has 0 unspecified atom stereocenters. The molecular formula is C28H32N3O7P. The fraction of sp³-hybridized carbons (Fsp3) is 0.429. The van der Waals surface area contributed by atoms with Crippen molar-refractivity contribution in [2.75, 3.05) is 5.32 Å². The first-order valence-electron chi connectivity index (χ1n) is 13.5. The molecule has 11 heteroatoms. The van der Waals surface area contributed by atoms with Gasteiger partial charge in [-0.1, -0.05) is 25.7 Å². The summed E-state index contributed by atoms with van der Waals surface area (Å²) in [6.07, 6.45) is 11.4. The van der Waals surface area contributed by atoms with Gasteiger partial charge in [-0.05, 0) is 85.8 Å². The van der Waals surface area contributed by atoms with Crippen molar-refractivity contribution in [2.24, 2.45) is 0 Å². The average Bonchev–Trinajstić information content (AvgIpc) is 3.11. The number of rotatable bonds is 2. The lowest BCUT2D eigenvalue weighted by Crippen LogP contribution is -2.14. The van der Waals surface area contributed by atoms with Crippen LogP contribution in [0.4, 0.5) is 11.4 Å². The van der Waals surface area contributed by atoms with E-state index in [9.17, 15) is 19.2 Å². The van der Waals surface area contributed by atoms with Crippen LogP contribution in [-0.4, -0.2) is 24.6 Å². The predicted molar refractivity (Wildman–Crippen MR) is 153 cm³/mol. The first kappa shape index (κ1) is 27.4. The molecule has 0 aliphatic heterocycles. The maximum absolute atomic E-state index is 13.2. The topological polar surface area (TPSA) is 173 Å². The number of aryl methyl sites for hydroxylation is 4. The van der Waals surface area contributed by atoms with Crippen LogP contribution < -0.4 is 27.6 Å². The molecule has 4 heterocycles. The van der Waals surface area contributed by atoms with Crippen molar-refractivity contribution in [3.05, 3.63) is 75.8 Å². The van der Waals surface area contributed by atoms with Gasteiger partial charge in [-0.15, -0.1) is 0 Å². The number of H-pyrrole nitrogens is 2. The Balaban J connectivity index is 0.000000723. The van der Waals surface area contributed by atoms with Gasteiger partial charge in [0, 0.05) is 10.8 Å². The molecule has 4 aromatic heterocycles. The van der Waals surface area contributed by atoms with Crippen LogP contribution in [0.25, 0.3) is 21.5 Å². The minimum Gasteiger partial charge on any atom is -0.354 e. The summed E-state index contributed by atoms with van der Waals surface area (Å²) in [6.45, 7) is 0. The third-order valence-electron chi connectivity index (χ3n) is 7.97. The van der Waals surface area contributed by atoms with Crippen molar-refractivity contribution < 1.29 is 14.7 Å². The van der Waals surface area contributed by atoms with Crippen molar-refractivity contribution in [1.29, 1.82) is 0 Å². The van der Waals surface area contributed by atoms with E-state index in [0.717, 1.165) is 99.3 Å². The number of anilines is 2. The molecular weight excluding hydrogens is 521 g/mol. The molecule has 2 aliphatic carbocycles. The molecule has 0 saturated heterocycles. The number of aromatic nitrogens is 2. The first-order valence-corrected chi connectivity index (χ1v) is 14.7. The van der Waals surface area contributed by atoms with Crippen LogP contribution in [0, 0.1) is 0 Å². The largest absolute Gasteiger partial charge is 0.354 e. The molecule has 0 fully saturated rings. The zero-order valence-electron chi connectivity index (χ0n) is 21.6. The van der Waals surface area contributed by atoms with Crippen LogP contribution in [0.2, 0.25) is 0 Å². The van der Waals surface area contributed by atoms with Gasteiger partial charge in [0.15, 0.2) is 0 Å². The van der Waals surface area contributed by atoms with Gasteiger partial charge in [0.2, 0.25) is 0 Å². The molecule has 0 spiro atoms. The lowest BCUT2D eigenvalue weighted by Gasteiger charge is -2.20. The Kier molecular flexibility index (Phi) is 8.09. The summed E-state index contributed by atoms with van der Waals surface area (Å²) in [5, 5.41) is 5.39. The van der Waals surface area contributed by atoms with Crippen molar-refractivity contribution in [2.45, 2.75) is 77.0 Å². The van der Waals surface area contributed by atoms with E-state index in [-0.39, 0.29) is 11.1 Å². The minimum atomic E-state index is -2.62. The highest BCUT2D eigenvalue weighted by molar-refractivity contribution is 7.38. The van der Waals surface area contributed by atoms with Crippen LogP contribution in [0.3, 0.4) is 0 Å². The second-order valence-corrected chi connectivity index (χ2v) is 10.9. The number of nitrogens with one attached hydrogen (secondary N) is 3.